The lowest BCUT2D eigenvalue weighted by molar-refractivity contribution is -0.383. The monoisotopic (exact) mass is 475 g/mol. The molecule has 0 fully saturated rings. The Bertz CT molecular complexity index is 1320. The third-order valence-corrected chi connectivity index (χ3v) is 5.65. The van der Waals surface area contributed by atoms with E-state index in [-0.39, 0.29) is 30.8 Å². The molecule has 0 aromatic heterocycles. The molecule has 178 valence electrons. The van der Waals surface area contributed by atoms with Crippen LogP contribution in [0.1, 0.15) is 40.5 Å². The molecule has 3 amide bonds. The third-order valence-electron chi connectivity index (χ3n) is 5.65. The average Bonchev–Trinajstić information content (AvgIpc) is 2.84. The van der Waals surface area contributed by atoms with Crippen molar-refractivity contribution in [1.29, 1.82) is 0 Å². The molecule has 1 aliphatic rings. The van der Waals surface area contributed by atoms with Crippen molar-refractivity contribution in [2.24, 2.45) is 0 Å². The second kappa shape index (κ2) is 9.72. The van der Waals surface area contributed by atoms with E-state index >= 15 is 0 Å². The molecule has 1 N–H and O–H groups in total. The third kappa shape index (κ3) is 4.72. The zero-order valence-electron chi connectivity index (χ0n) is 18.7. The zero-order chi connectivity index (χ0) is 25.1. The fourth-order valence-corrected chi connectivity index (χ4v) is 3.95. The van der Waals surface area contributed by atoms with Crippen LogP contribution in [0.5, 0.6) is 0 Å². The van der Waals surface area contributed by atoms with Crippen molar-refractivity contribution in [3.63, 3.8) is 0 Å². The van der Waals surface area contributed by atoms with E-state index < -0.39 is 34.7 Å². The van der Waals surface area contributed by atoms with Crippen molar-refractivity contribution < 1.29 is 28.8 Å². The number of amides is 3. The maximum atomic E-state index is 12.9. The molecule has 4 rings (SSSR count). The summed E-state index contributed by atoms with van der Waals surface area (Å²) < 4.78 is 5.12. The van der Waals surface area contributed by atoms with Gasteiger partial charge in [0.1, 0.15) is 5.69 Å². The first-order chi connectivity index (χ1) is 16.8. The van der Waals surface area contributed by atoms with E-state index in [1.54, 1.807) is 24.3 Å². The number of carbonyl (C=O) groups excluding carboxylic acids is 4. The molecule has 3 aromatic rings. The van der Waals surface area contributed by atoms with Crippen molar-refractivity contribution in [3.05, 3.63) is 81.9 Å². The molecular weight excluding hydrogens is 454 g/mol. The van der Waals surface area contributed by atoms with E-state index in [1.807, 2.05) is 12.1 Å². The lowest BCUT2D eigenvalue weighted by Crippen LogP contribution is -2.41. The second-order valence-corrected chi connectivity index (χ2v) is 7.97. The Morgan fingerprint density at radius 3 is 2.26 bits per heavy atom. The molecule has 0 spiro atoms. The predicted octanol–water partition coefficient (Wildman–Crippen LogP) is 3.69. The van der Waals surface area contributed by atoms with Gasteiger partial charge < -0.3 is 10.1 Å². The van der Waals surface area contributed by atoms with Gasteiger partial charge in [0.05, 0.1) is 4.92 Å². The van der Waals surface area contributed by atoms with Gasteiger partial charge in [0.15, 0.2) is 6.10 Å². The summed E-state index contributed by atoms with van der Waals surface area (Å²) in [6, 6.07) is 16.1. The highest BCUT2D eigenvalue weighted by Gasteiger charge is 2.32. The number of nitrogens with zero attached hydrogens (tertiary/aromatic N) is 2. The number of nitro groups is 1. The lowest BCUT2D eigenvalue weighted by atomic mass is 9.94. The molecule has 10 heteroatoms. The normalized spacial score (nSPS) is 13.5. The number of hydrogen-bond donors (Lipinski definition) is 1. The number of hydrogen-bond acceptors (Lipinski definition) is 7. The summed E-state index contributed by atoms with van der Waals surface area (Å²) in [7, 11) is 0. The molecule has 1 atom stereocenters. The van der Waals surface area contributed by atoms with Gasteiger partial charge in [0, 0.05) is 35.5 Å². The SMILES string of the molecule is CC(OC(=O)CCCN1C(=O)c2cccc3cccc(c23)C1=O)C(=O)Nc1ccccc1[N+](=O)[O-]. The van der Waals surface area contributed by atoms with Crippen molar-refractivity contribution in [1.82, 2.24) is 4.90 Å². The number of anilines is 1. The summed E-state index contributed by atoms with van der Waals surface area (Å²) in [5.74, 6) is -2.27. The van der Waals surface area contributed by atoms with Gasteiger partial charge in [0.2, 0.25) is 0 Å². The summed E-state index contributed by atoms with van der Waals surface area (Å²) in [5.41, 5.74) is 0.566. The topological polar surface area (TPSA) is 136 Å². The number of nitro benzene ring substituents is 1. The fraction of sp³-hybridized carbons (Fsp3) is 0.200. The number of nitrogens with one attached hydrogen (secondary N) is 1. The Kier molecular flexibility index (Phi) is 6.54. The Morgan fingerprint density at radius 2 is 1.63 bits per heavy atom. The number of imide groups is 1. The van der Waals surface area contributed by atoms with Crippen LogP contribution >= 0.6 is 0 Å². The highest BCUT2D eigenvalue weighted by molar-refractivity contribution is 6.25. The highest BCUT2D eigenvalue weighted by atomic mass is 16.6. The molecule has 0 aliphatic carbocycles. The first-order valence-corrected chi connectivity index (χ1v) is 10.9. The summed E-state index contributed by atoms with van der Waals surface area (Å²) in [5, 5.41) is 14.9. The van der Waals surface area contributed by atoms with E-state index in [1.165, 1.54) is 31.2 Å². The van der Waals surface area contributed by atoms with Crippen molar-refractivity contribution >= 4 is 45.8 Å². The number of para-hydroxylation sites is 2. The molecule has 0 bridgehead atoms. The van der Waals surface area contributed by atoms with Crippen LogP contribution in [0.2, 0.25) is 0 Å². The van der Waals surface area contributed by atoms with E-state index in [9.17, 15) is 29.3 Å². The quantitative estimate of drug-likeness (QED) is 0.227. The molecule has 10 nitrogen and oxygen atoms in total. The van der Waals surface area contributed by atoms with E-state index in [4.69, 9.17) is 4.74 Å². The van der Waals surface area contributed by atoms with Crippen molar-refractivity contribution in [2.45, 2.75) is 25.9 Å². The molecule has 1 unspecified atom stereocenters. The maximum Gasteiger partial charge on any atom is 0.306 e. The van der Waals surface area contributed by atoms with E-state index in [2.05, 4.69) is 5.32 Å². The summed E-state index contributed by atoms with van der Waals surface area (Å²) in [4.78, 5) is 61.9. The van der Waals surface area contributed by atoms with Gasteiger partial charge in [-0.25, -0.2) is 0 Å². The Labute approximate surface area is 199 Å². The van der Waals surface area contributed by atoms with Crippen molar-refractivity contribution in [3.8, 4) is 0 Å². The molecule has 0 saturated heterocycles. The highest BCUT2D eigenvalue weighted by Crippen LogP contribution is 2.30. The van der Waals surface area contributed by atoms with Crippen molar-refractivity contribution in [2.75, 3.05) is 11.9 Å². The van der Waals surface area contributed by atoms with Gasteiger partial charge in [-0.15, -0.1) is 0 Å². The summed E-state index contributed by atoms with van der Waals surface area (Å²) in [6.07, 6.45) is -1.19. The number of benzene rings is 3. The van der Waals surface area contributed by atoms with Gasteiger partial charge in [-0.05, 0) is 36.9 Å². The van der Waals surface area contributed by atoms with Gasteiger partial charge >= 0.3 is 5.97 Å². The molecule has 3 aromatic carbocycles. The largest absolute Gasteiger partial charge is 0.453 e. The minimum Gasteiger partial charge on any atom is -0.453 e. The van der Waals surface area contributed by atoms with Crippen LogP contribution in [0.15, 0.2) is 60.7 Å². The molecular formula is C25H21N3O7. The Balaban J connectivity index is 1.32. The van der Waals surface area contributed by atoms with E-state index in [0.717, 1.165) is 10.3 Å². The van der Waals surface area contributed by atoms with E-state index in [0.29, 0.717) is 16.5 Å². The van der Waals surface area contributed by atoms with Crippen LogP contribution in [0.4, 0.5) is 11.4 Å². The number of rotatable bonds is 8. The minimum absolute atomic E-state index is 0.00821. The standard InChI is InChI=1S/C25H21N3O7/c1-15(23(30)26-19-11-2-3-12-20(19)28(33)34)35-21(29)13-6-14-27-24(31)17-9-4-7-16-8-5-10-18(22(16)17)25(27)32/h2-5,7-12,15H,6,13-14H2,1H3,(H,26,30). The minimum atomic E-state index is -1.20. The van der Waals surface area contributed by atoms with Gasteiger partial charge in [-0.1, -0.05) is 36.4 Å². The average molecular weight is 475 g/mol. The first kappa shape index (κ1) is 23.6. The summed E-state index contributed by atoms with van der Waals surface area (Å²) >= 11 is 0. The molecule has 1 aliphatic heterocycles. The number of ether oxygens (including phenoxy) is 1. The Hall–Kier alpha value is -4.60. The molecule has 0 saturated carbocycles. The van der Waals surface area contributed by atoms with Crippen LogP contribution in [0, 0.1) is 10.1 Å². The first-order valence-electron chi connectivity index (χ1n) is 10.9. The lowest BCUT2D eigenvalue weighted by Gasteiger charge is -2.27. The van der Waals surface area contributed by atoms with Crippen LogP contribution in [0.25, 0.3) is 10.8 Å². The maximum absolute atomic E-state index is 12.9. The number of carbonyl (C=O) groups is 4. The predicted molar refractivity (Wildman–Crippen MR) is 126 cm³/mol. The van der Waals surface area contributed by atoms with Crippen LogP contribution < -0.4 is 5.32 Å². The zero-order valence-corrected chi connectivity index (χ0v) is 18.7. The van der Waals surface area contributed by atoms with Gasteiger partial charge in [-0.2, -0.15) is 0 Å². The Morgan fingerprint density at radius 1 is 1.00 bits per heavy atom. The van der Waals surface area contributed by atoms with Crippen LogP contribution in [-0.4, -0.2) is 46.2 Å². The fourth-order valence-electron chi connectivity index (χ4n) is 3.95. The second-order valence-electron chi connectivity index (χ2n) is 7.97. The van der Waals surface area contributed by atoms with Crippen LogP contribution in [0.3, 0.4) is 0 Å². The van der Waals surface area contributed by atoms with Crippen LogP contribution in [-0.2, 0) is 14.3 Å². The summed E-state index contributed by atoms with van der Waals surface area (Å²) in [6.45, 7) is 1.35. The van der Waals surface area contributed by atoms with Gasteiger partial charge in [-0.3, -0.25) is 34.2 Å². The molecule has 1 heterocycles. The number of esters is 1. The smallest absolute Gasteiger partial charge is 0.306 e. The molecule has 0 radical (unpaired) electrons. The van der Waals surface area contributed by atoms with Gasteiger partial charge in [0.25, 0.3) is 23.4 Å². The molecule has 35 heavy (non-hydrogen) atoms.